The zero-order chi connectivity index (χ0) is 14.6. The van der Waals surface area contributed by atoms with Crippen molar-refractivity contribution in [1.82, 2.24) is 5.16 Å². The van der Waals surface area contributed by atoms with Crippen molar-refractivity contribution in [3.63, 3.8) is 0 Å². The van der Waals surface area contributed by atoms with Crippen LogP contribution in [-0.2, 0) is 9.59 Å². The largest absolute Gasteiger partial charge is 0.481 e. The minimum Gasteiger partial charge on any atom is -0.481 e. The van der Waals surface area contributed by atoms with Crippen LogP contribution in [0.5, 0.6) is 0 Å². The summed E-state index contributed by atoms with van der Waals surface area (Å²) in [5.41, 5.74) is 0.279. The van der Waals surface area contributed by atoms with Gasteiger partial charge in [-0.2, -0.15) is 0 Å². The van der Waals surface area contributed by atoms with Crippen molar-refractivity contribution in [2.24, 2.45) is 5.41 Å². The molecule has 1 aliphatic rings. The molecule has 20 heavy (non-hydrogen) atoms. The standard InChI is InChI=1S/C14H20N2O4/c1-10-7-12(20-16-10)15-11(17)8-14(9-13(18)19)5-3-2-4-6-14/h7H,2-6,8-9H2,1H3,(H,15,17)(H,18,19). The molecule has 0 bridgehead atoms. The third-order valence-electron chi connectivity index (χ3n) is 3.87. The number of carboxylic acids is 1. The summed E-state index contributed by atoms with van der Waals surface area (Å²) in [7, 11) is 0. The van der Waals surface area contributed by atoms with Gasteiger partial charge in [0, 0.05) is 12.5 Å². The van der Waals surface area contributed by atoms with E-state index in [-0.39, 0.29) is 18.7 Å². The van der Waals surface area contributed by atoms with Gasteiger partial charge in [0.15, 0.2) is 0 Å². The Bertz CT molecular complexity index is 489. The van der Waals surface area contributed by atoms with Gasteiger partial charge in [-0.3, -0.25) is 14.9 Å². The van der Waals surface area contributed by atoms with Crippen molar-refractivity contribution >= 4 is 17.8 Å². The summed E-state index contributed by atoms with van der Waals surface area (Å²) in [6.07, 6.45) is 4.95. The van der Waals surface area contributed by atoms with Gasteiger partial charge in [0.25, 0.3) is 0 Å². The number of carbonyl (C=O) groups is 2. The van der Waals surface area contributed by atoms with Crippen molar-refractivity contribution in [2.75, 3.05) is 5.32 Å². The zero-order valence-corrected chi connectivity index (χ0v) is 11.6. The summed E-state index contributed by atoms with van der Waals surface area (Å²) in [6, 6.07) is 1.64. The molecule has 1 aliphatic carbocycles. The molecule has 6 nitrogen and oxygen atoms in total. The molecule has 6 heteroatoms. The van der Waals surface area contributed by atoms with Crippen LogP contribution in [0.25, 0.3) is 0 Å². The molecule has 0 atom stereocenters. The van der Waals surface area contributed by atoms with Crippen LogP contribution in [0.15, 0.2) is 10.6 Å². The molecule has 1 amide bonds. The summed E-state index contributed by atoms with van der Waals surface area (Å²) in [5.74, 6) is -0.728. The molecule has 2 rings (SSSR count). The van der Waals surface area contributed by atoms with Gasteiger partial charge in [-0.1, -0.05) is 24.4 Å². The average molecular weight is 280 g/mol. The summed E-state index contributed by atoms with van der Waals surface area (Å²) in [4.78, 5) is 23.1. The summed E-state index contributed by atoms with van der Waals surface area (Å²) in [5, 5.41) is 15.4. The molecule has 0 radical (unpaired) electrons. The lowest BCUT2D eigenvalue weighted by atomic mass is 9.69. The number of nitrogens with one attached hydrogen (secondary N) is 1. The Hall–Kier alpha value is -1.85. The Kier molecular flexibility index (Phi) is 4.42. The highest BCUT2D eigenvalue weighted by atomic mass is 16.5. The number of aliphatic carboxylic acids is 1. The summed E-state index contributed by atoms with van der Waals surface area (Å²) in [6.45, 7) is 1.77. The number of rotatable bonds is 5. The number of amides is 1. The smallest absolute Gasteiger partial charge is 0.303 e. The molecule has 1 aromatic rings. The normalized spacial score (nSPS) is 17.6. The quantitative estimate of drug-likeness (QED) is 0.865. The van der Waals surface area contributed by atoms with E-state index in [0.29, 0.717) is 11.6 Å². The number of aromatic nitrogens is 1. The predicted octanol–water partition coefficient (Wildman–Crippen LogP) is 2.74. The van der Waals surface area contributed by atoms with E-state index in [1.54, 1.807) is 13.0 Å². The van der Waals surface area contributed by atoms with Crippen LogP contribution in [0.3, 0.4) is 0 Å². The Morgan fingerprint density at radius 1 is 1.35 bits per heavy atom. The summed E-state index contributed by atoms with van der Waals surface area (Å²) < 4.78 is 4.94. The number of nitrogens with zero attached hydrogens (tertiary/aromatic N) is 1. The first-order chi connectivity index (χ1) is 9.49. The fourth-order valence-electron chi connectivity index (χ4n) is 2.98. The highest BCUT2D eigenvalue weighted by molar-refractivity contribution is 5.90. The van der Waals surface area contributed by atoms with Gasteiger partial charge in [0.05, 0.1) is 12.1 Å². The molecule has 0 spiro atoms. The first kappa shape index (κ1) is 14.6. The van der Waals surface area contributed by atoms with Crippen LogP contribution in [-0.4, -0.2) is 22.1 Å². The first-order valence-electron chi connectivity index (χ1n) is 6.94. The Balaban J connectivity index is 1.99. The molecule has 2 N–H and O–H groups in total. The molecule has 1 saturated carbocycles. The molecular weight excluding hydrogens is 260 g/mol. The minimum absolute atomic E-state index is 0.0514. The maximum atomic E-state index is 12.1. The number of carboxylic acid groups (broad SMARTS) is 1. The highest BCUT2D eigenvalue weighted by Gasteiger charge is 2.36. The Morgan fingerprint density at radius 2 is 2.05 bits per heavy atom. The van der Waals surface area contributed by atoms with E-state index in [1.165, 1.54) is 0 Å². The van der Waals surface area contributed by atoms with Crippen molar-refractivity contribution in [1.29, 1.82) is 0 Å². The molecular formula is C14H20N2O4. The van der Waals surface area contributed by atoms with Gasteiger partial charge in [0.2, 0.25) is 11.8 Å². The molecule has 0 saturated heterocycles. The van der Waals surface area contributed by atoms with E-state index in [0.717, 1.165) is 32.1 Å². The van der Waals surface area contributed by atoms with Crippen LogP contribution in [0.2, 0.25) is 0 Å². The van der Waals surface area contributed by atoms with Gasteiger partial charge < -0.3 is 9.63 Å². The van der Waals surface area contributed by atoms with E-state index in [2.05, 4.69) is 10.5 Å². The fraction of sp³-hybridized carbons (Fsp3) is 0.643. The molecule has 1 aromatic heterocycles. The van der Waals surface area contributed by atoms with E-state index >= 15 is 0 Å². The van der Waals surface area contributed by atoms with Gasteiger partial charge >= 0.3 is 5.97 Å². The lowest BCUT2D eigenvalue weighted by molar-refractivity contribution is -0.140. The Labute approximate surface area is 117 Å². The third kappa shape index (κ3) is 3.82. The minimum atomic E-state index is -0.838. The topological polar surface area (TPSA) is 92.4 Å². The maximum Gasteiger partial charge on any atom is 0.303 e. The van der Waals surface area contributed by atoms with Crippen LogP contribution in [0.4, 0.5) is 5.88 Å². The zero-order valence-electron chi connectivity index (χ0n) is 11.6. The van der Waals surface area contributed by atoms with Crippen LogP contribution in [0.1, 0.15) is 50.6 Å². The molecule has 0 unspecified atom stereocenters. The van der Waals surface area contributed by atoms with E-state index in [4.69, 9.17) is 9.63 Å². The molecule has 1 heterocycles. The van der Waals surface area contributed by atoms with E-state index < -0.39 is 11.4 Å². The SMILES string of the molecule is Cc1cc(NC(=O)CC2(CC(=O)O)CCCCC2)on1. The van der Waals surface area contributed by atoms with Crippen molar-refractivity contribution < 1.29 is 19.2 Å². The number of hydrogen-bond donors (Lipinski definition) is 2. The second-order valence-corrected chi connectivity index (χ2v) is 5.69. The molecule has 0 aliphatic heterocycles. The van der Waals surface area contributed by atoms with E-state index in [9.17, 15) is 9.59 Å². The molecule has 1 fully saturated rings. The van der Waals surface area contributed by atoms with Gasteiger partial charge in [-0.15, -0.1) is 0 Å². The lowest BCUT2D eigenvalue weighted by Gasteiger charge is -2.35. The number of aryl methyl sites for hydroxylation is 1. The van der Waals surface area contributed by atoms with Crippen LogP contribution < -0.4 is 5.32 Å². The fourth-order valence-corrected chi connectivity index (χ4v) is 2.98. The van der Waals surface area contributed by atoms with Crippen LogP contribution >= 0.6 is 0 Å². The van der Waals surface area contributed by atoms with Crippen LogP contribution in [0, 0.1) is 12.3 Å². The monoisotopic (exact) mass is 280 g/mol. The van der Waals surface area contributed by atoms with Crippen molar-refractivity contribution in [2.45, 2.75) is 51.9 Å². The van der Waals surface area contributed by atoms with Crippen molar-refractivity contribution in [3.05, 3.63) is 11.8 Å². The maximum absolute atomic E-state index is 12.1. The predicted molar refractivity (Wildman–Crippen MR) is 72.3 cm³/mol. The summed E-state index contributed by atoms with van der Waals surface area (Å²) >= 11 is 0. The highest BCUT2D eigenvalue weighted by Crippen LogP contribution is 2.42. The number of hydrogen-bond acceptors (Lipinski definition) is 4. The van der Waals surface area contributed by atoms with Gasteiger partial charge in [-0.25, -0.2) is 0 Å². The lowest BCUT2D eigenvalue weighted by Crippen LogP contribution is -2.32. The molecule has 110 valence electrons. The first-order valence-corrected chi connectivity index (χ1v) is 6.94. The number of anilines is 1. The van der Waals surface area contributed by atoms with E-state index in [1.807, 2.05) is 0 Å². The Morgan fingerprint density at radius 3 is 2.60 bits per heavy atom. The third-order valence-corrected chi connectivity index (χ3v) is 3.87. The van der Waals surface area contributed by atoms with Gasteiger partial charge in [-0.05, 0) is 25.2 Å². The second kappa shape index (κ2) is 6.07. The molecule has 0 aromatic carbocycles. The second-order valence-electron chi connectivity index (χ2n) is 5.69. The van der Waals surface area contributed by atoms with Gasteiger partial charge in [0.1, 0.15) is 0 Å². The van der Waals surface area contributed by atoms with Crippen molar-refractivity contribution in [3.8, 4) is 0 Å². The average Bonchev–Trinajstić information content (AvgIpc) is 2.74. The number of carbonyl (C=O) groups excluding carboxylic acids is 1.